The lowest BCUT2D eigenvalue weighted by Crippen LogP contribution is -1.74. The van der Waals surface area contributed by atoms with E-state index in [0.717, 1.165) is 6.42 Å². The lowest BCUT2D eigenvalue weighted by Gasteiger charge is -1.95. The van der Waals surface area contributed by atoms with E-state index in [1.807, 2.05) is 0 Å². The minimum absolute atomic E-state index is 0.964. The average molecular weight is 139 g/mol. The van der Waals surface area contributed by atoms with Gasteiger partial charge in [0.25, 0.3) is 0 Å². The molecule has 0 aliphatic rings. The fourth-order valence-electron chi connectivity index (χ4n) is 0.845. The van der Waals surface area contributed by atoms with E-state index in [-0.39, 0.29) is 0 Å². The van der Waals surface area contributed by atoms with Gasteiger partial charge in [-0.1, -0.05) is 31.4 Å². The Hall–Kier alpha value is -0.260. The van der Waals surface area contributed by atoms with Crippen LogP contribution in [0, 0.1) is 6.92 Å². The SMILES string of the molecule is [CH2]CC(C)=CCCCCC. The van der Waals surface area contributed by atoms with Crippen molar-refractivity contribution in [2.45, 2.75) is 46.0 Å². The van der Waals surface area contributed by atoms with Crippen LogP contribution in [0.15, 0.2) is 11.6 Å². The zero-order valence-corrected chi connectivity index (χ0v) is 7.32. The summed E-state index contributed by atoms with van der Waals surface area (Å²) < 4.78 is 0. The van der Waals surface area contributed by atoms with Crippen LogP contribution >= 0.6 is 0 Å². The minimum atomic E-state index is 0.964. The van der Waals surface area contributed by atoms with Crippen molar-refractivity contribution in [2.24, 2.45) is 0 Å². The Morgan fingerprint density at radius 1 is 1.40 bits per heavy atom. The summed E-state index contributed by atoms with van der Waals surface area (Å²) >= 11 is 0. The van der Waals surface area contributed by atoms with Crippen LogP contribution < -0.4 is 0 Å². The molecule has 0 aromatic rings. The number of hydrogen-bond donors (Lipinski definition) is 0. The molecule has 0 amide bonds. The highest BCUT2D eigenvalue weighted by Gasteiger charge is 1.84. The third kappa shape index (κ3) is 5.87. The molecule has 0 saturated carbocycles. The molecule has 1 radical (unpaired) electrons. The van der Waals surface area contributed by atoms with E-state index in [1.165, 1.54) is 31.3 Å². The van der Waals surface area contributed by atoms with Crippen LogP contribution in [0.3, 0.4) is 0 Å². The summed E-state index contributed by atoms with van der Waals surface area (Å²) in [5.74, 6) is 0. The lowest BCUT2D eigenvalue weighted by atomic mass is 10.1. The van der Waals surface area contributed by atoms with E-state index in [1.54, 1.807) is 0 Å². The Morgan fingerprint density at radius 2 is 2.10 bits per heavy atom. The van der Waals surface area contributed by atoms with E-state index in [0.29, 0.717) is 0 Å². The molecule has 0 rings (SSSR count). The van der Waals surface area contributed by atoms with Crippen molar-refractivity contribution in [3.63, 3.8) is 0 Å². The molecule has 0 atom stereocenters. The molecule has 0 N–H and O–H groups in total. The molecule has 0 aromatic carbocycles. The van der Waals surface area contributed by atoms with Crippen molar-refractivity contribution in [3.8, 4) is 0 Å². The highest BCUT2D eigenvalue weighted by atomic mass is 13.9. The largest absolute Gasteiger partial charge is 0.0856 e. The topological polar surface area (TPSA) is 0 Å². The smallest absolute Gasteiger partial charge is 0.0323 e. The van der Waals surface area contributed by atoms with Gasteiger partial charge in [0, 0.05) is 0 Å². The standard InChI is InChI=1S/C10H19/c1-4-6-7-8-9-10(3)5-2/h9H,2,4-8H2,1,3H3. The first kappa shape index (κ1) is 9.74. The van der Waals surface area contributed by atoms with Crippen LogP contribution in [0.25, 0.3) is 0 Å². The Labute approximate surface area is 65.3 Å². The number of allylic oxidation sites excluding steroid dienone is 2. The van der Waals surface area contributed by atoms with E-state index >= 15 is 0 Å². The first-order chi connectivity index (χ1) is 4.81. The molecule has 0 aliphatic heterocycles. The summed E-state index contributed by atoms with van der Waals surface area (Å²) in [5.41, 5.74) is 1.43. The van der Waals surface area contributed by atoms with Crippen molar-refractivity contribution in [3.05, 3.63) is 18.6 Å². The molecular formula is C10H19. The maximum Gasteiger partial charge on any atom is -0.0323 e. The van der Waals surface area contributed by atoms with Crippen LogP contribution in [0.5, 0.6) is 0 Å². The molecule has 0 heterocycles. The monoisotopic (exact) mass is 139 g/mol. The normalized spacial score (nSPS) is 12.1. The van der Waals surface area contributed by atoms with Gasteiger partial charge >= 0.3 is 0 Å². The second-order valence-corrected chi connectivity index (χ2v) is 2.80. The van der Waals surface area contributed by atoms with Crippen molar-refractivity contribution in [2.75, 3.05) is 0 Å². The predicted molar refractivity (Wildman–Crippen MR) is 47.9 cm³/mol. The van der Waals surface area contributed by atoms with Gasteiger partial charge in [-0.05, 0) is 33.1 Å². The molecule has 59 valence electrons. The molecule has 0 fully saturated rings. The lowest BCUT2D eigenvalue weighted by molar-refractivity contribution is 0.726. The highest BCUT2D eigenvalue weighted by molar-refractivity contribution is 4.98. The summed E-state index contributed by atoms with van der Waals surface area (Å²) in [6, 6.07) is 0. The third-order valence-corrected chi connectivity index (χ3v) is 1.69. The van der Waals surface area contributed by atoms with Crippen LogP contribution in [-0.2, 0) is 0 Å². The van der Waals surface area contributed by atoms with Crippen LogP contribution in [0.2, 0.25) is 0 Å². The first-order valence-corrected chi connectivity index (χ1v) is 4.26. The predicted octanol–water partition coefficient (Wildman–Crippen LogP) is 3.74. The molecule has 0 bridgehead atoms. The third-order valence-electron chi connectivity index (χ3n) is 1.69. The summed E-state index contributed by atoms with van der Waals surface area (Å²) in [6.07, 6.45) is 8.54. The van der Waals surface area contributed by atoms with Crippen molar-refractivity contribution < 1.29 is 0 Å². The summed E-state index contributed by atoms with van der Waals surface area (Å²) in [5, 5.41) is 0. The maximum atomic E-state index is 3.82. The molecule has 10 heavy (non-hydrogen) atoms. The van der Waals surface area contributed by atoms with Crippen LogP contribution in [0.4, 0.5) is 0 Å². The van der Waals surface area contributed by atoms with Gasteiger partial charge in [-0.2, -0.15) is 0 Å². The van der Waals surface area contributed by atoms with Crippen molar-refractivity contribution >= 4 is 0 Å². The Morgan fingerprint density at radius 3 is 2.60 bits per heavy atom. The summed E-state index contributed by atoms with van der Waals surface area (Å²) in [4.78, 5) is 0. The highest BCUT2D eigenvalue weighted by Crippen LogP contribution is 2.04. The first-order valence-electron chi connectivity index (χ1n) is 4.26. The zero-order chi connectivity index (χ0) is 7.82. The molecule has 0 saturated heterocycles. The van der Waals surface area contributed by atoms with Gasteiger partial charge < -0.3 is 0 Å². The molecular weight excluding hydrogens is 120 g/mol. The quantitative estimate of drug-likeness (QED) is 0.402. The number of unbranched alkanes of at least 4 members (excludes halogenated alkanes) is 3. The van der Waals surface area contributed by atoms with Crippen molar-refractivity contribution in [1.82, 2.24) is 0 Å². The Kier molecular flexibility index (Phi) is 6.68. The van der Waals surface area contributed by atoms with Crippen LogP contribution in [-0.4, -0.2) is 0 Å². The van der Waals surface area contributed by atoms with Gasteiger partial charge in [-0.3, -0.25) is 0 Å². The molecule has 0 nitrogen and oxygen atoms in total. The fourth-order valence-corrected chi connectivity index (χ4v) is 0.845. The fraction of sp³-hybridized carbons (Fsp3) is 0.700. The number of rotatable bonds is 5. The van der Waals surface area contributed by atoms with Gasteiger partial charge in [-0.15, -0.1) is 0 Å². The van der Waals surface area contributed by atoms with Gasteiger partial charge in [0.15, 0.2) is 0 Å². The van der Waals surface area contributed by atoms with E-state index in [9.17, 15) is 0 Å². The van der Waals surface area contributed by atoms with Crippen molar-refractivity contribution in [1.29, 1.82) is 0 Å². The average Bonchev–Trinajstić information content (AvgIpc) is 1.98. The van der Waals surface area contributed by atoms with E-state index < -0.39 is 0 Å². The second-order valence-electron chi connectivity index (χ2n) is 2.80. The molecule has 0 aliphatic carbocycles. The summed E-state index contributed by atoms with van der Waals surface area (Å²) in [6.45, 7) is 8.20. The van der Waals surface area contributed by atoms with E-state index in [2.05, 4.69) is 26.8 Å². The second kappa shape index (κ2) is 6.85. The molecule has 0 heteroatoms. The molecule has 0 spiro atoms. The van der Waals surface area contributed by atoms with Gasteiger partial charge in [0.05, 0.1) is 0 Å². The van der Waals surface area contributed by atoms with Gasteiger partial charge in [0.2, 0.25) is 0 Å². The van der Waals surface area contributed by atoms with Gasteiger partial charge in [-0.25, -0.2) is 0 Å². The number of hydrogen-bond acceptors (Lipinski definition) is 0. The summed E-state index contributed by atoms with van der Waals surface area (Å²) in [7, 11) is 0. The Bertz CT molecular complexity index is 90.2. The van der Waals surface area contributed by atoms with E-state index in [4.69, 9.17) is 0 Å². The minimum Gasteiger partial charge on any atom is -0.0856 e. The zero-order valence-electron chi connectivity index (χ0n) is 7.32. The molecule has 0 aromatic heterocycles. The molecule has 0 unspecified atom stereocenters. The van der Waals surface area contributed by atoms with Gasteiger partial charge in [0.1, 0.15) is 0 Å². The maximum absolute atomic E-state index is 3.82. The van der Waals surface area contributed by atoms with Crippen LogP contribution in [0.1, 0.15) is 46.0 Å². The Balaban J connectivity index is 3.16.